The predicted octanol–water partition coefficient (Wildman–Crippen LogP) is 4.66. The van der Waals surface area contributed by atoms with Gasteiger partial charge in [0.15, 0.2) is 12.4 Å². The standard InChI is InChI=1S/C25H20FNO6S/c1-15-11-20(8-10-24(15)33-14-25(29)30)34(31,32)27-13-22(16(2)28)21-12-18(5-9-23(21)27)17-3-6-19(26)7-4-17/h3-13H,14H2,1-2H3,(H,29,30). The maximum Gasteiger partial charge on any atom is 0.341 e. The summed E-state index contributed by atoms with van der Waals surface area (Å²) in [6.07, 6.45) is 1.29. The van der Waals surface area contributed by atoms with E-state index >= 15 is 0 Å². The Morgan fingerprint density at radius 2 is 1.68 bits per heavy atom. The smallest absolute Gasteiger partial charge is 0.341 e. The van der Waals surface area contributed by atoms with E-state index in [1.165, 1.54) is 43.5 Å². The zero-order chi connectivity index (χ0) is 24.6. The lowest BCUT2D eigenvalue weighted by molar-refractivity contribution is -0.139. The number of fused-ring (bicyclic) bond motifs is 1. The molecule has 0 atom stereocenters. The van der Waals surface area contributed by atoms with Gasteiger partial charge < -0.3 is 9.84 Å². The summed E-state index contributed by atoms with van der Waals surface area (Å²) in [6.45, 7) is 2.42. The molecule has 0 aliphatic heterocycles. The molecule has 0 radical (unpaired) electrons. The van der Waals surface area contributed by atoms with Crippen LogP contribution in [0.25, 0.3) is 22.0 Å². The molecule has 1 heterocycles. The number of Topliss-reactive ketones (excluding diaryl/α,β-unsaturated/α-hetero) is 1. The van der Waals surface area contributed by atoms with Crippen molar-refractivity contribution >= 4 is 32.7 Å². The first-order valence-corrected chi connectivity index (χ1v) is 11.6. The molecule has 9 heteroatoms. The lowest BCUT2D eigenvalue weighted by atomic mass is 10.0. The lowest BCUT2D eigenvalue weighted by Crippen LogP contribution is -2.13. The predicted molar refractivity (Wildman–Crippen MR) is 124 cm³/mol. The zero-order valence-corrected chi connectivity index (χ0v) is 19.1. The van der Waals surface area contributed by atoms with Gasteiger partial charge in [-0.2, -0.15) is 0 Å². The Balaban J connectivity index is 1.82. The first-order chi connectivity index (χ1) is 16.1. The van der Waals surface area contributed by atoms with Gasteiger partial charge in [-0.3, -0.25) is 4.79 Å². The number of nitrogens with zero attached hydrogens (tertiary/aromatic N) is 1. The molecule has 3 aromatic carbocycles. The summed E-state index contributed by atoms with van der Waals surface area (Å²) in [5.74, 6) is -1.57. The van der Waals surface area contributed by atoms with Gasteiger partial charge in [0, 0.05) is 17.1 Å². The van der Waals surface area contributed by atoms with Crippen LogP contribution in [0, 0.1) is 12.7 Å². The number of hydrogen-bond donors (Lipinski definition) is 1. The Morgan fingerprint density at radius 1 is 1.00 bits per heavy atom. The van der Waals surface area contributed by atoms with Gasteiger partial charge in [0.05, 0.1) is 10.4 Å². The van der Waals surface area contributed by atoms with Crippen LogP contribution in [0.4, 0.5) is 4.39 Å². The van der Waals surface area contributed by atoms with Crippen molar-refractivity contribution in [3.05, 3.63) is 83.8 Å². The Labute approximate surface area is 195 Å². The molecule has 34 heavy (non-hydrogen) atoms. The van der Waals surface area contributed by atoms with Gasteiger partial charge in [0.2, 0.25) is 0 Å². The van der Waals surface area contributed by atoms with Crippen LogP contribution in [0.15, 0.2) is 71.8 Å². The largest absolute Gasteiger partial charge is 0.482 e. The van der Waals surface area contributed by atoms with Gasteiger partial charge in [0.1, 0.15) is 11.6 Å². The Kier molecular flexibility index (Phi) is 5.97. The minimum atomic E-state index is -4.09. The second-order valence-corrected chi connectivity index (χ2v) is 9.56. The van der Waals surface area contributed by atoms with Crippen LogP contribution < -0.4 is 4.74 Å². The molecule has 4 aromatic rings. The number of carboxylic acids is 1. The van der Waals surface area contributed by atoms with Crippen molar-refractivity contribution in [1.82, 2.24) is 3.97 Å². The van der Waals surface area contributed by atoms with Crippen molar-refractivity contribution < 1.29 is 32.2 Å². The number of hydrogen-bond acceptors (Lipinski definition) is 5. The number of aromatic nitrogens is 1. The fourth-order valence-corrected chi connectivity index (χ4v) is 5.15. The Hall–Kier alpha value is -3.98. The molecule has 0 unspecified atom stereocenters. The second-order valence-electron chi connectivity index (χ2n) is 7.75. The third-order valence-corrected chi connectivity index (χ3v) is 7.05. The highest BCUT2D eigenvalue weighted by Crippen LogP contribution is 2.32. The molecular weight excluding hydrogens is 461 g/mol. The van der Waals surface area contributed by atoms with Crippen LogP contribution in [0.2, 0.25) is 0 Å². The van der Waals surface area contributed by atoms with E-state index in [2.05, 4.69) is 0 Å². The SMILES string of the molecule is CC(=O)c1cn(S(=O)(=O)c2ccc(OCC(=O)O)c(C)c2)c2ccc(-c3ccc(F)cc3)cc12. The average Bonchev–Trinajstić information content (AvgIpc) is 3.18. The molecule has 0 amide bonds. The van der Waals surface area contributed by atoms with E-state index in [-0.39, 0.29) is 27.8 Å². The van der Waals surface area contributed by atoms with Crippen molar-refractivity contribution in [2.75, 3.05) is 6.61 Å². The van der Waals surface area contributed by atoms with Crippen molar-refractivity contribution in [3.63, 3.8) is 0 Å². The first kappa shape index (κ1) is 23.2. The fraction of sp³-hybridized carbons (Fsp3) is 0.120. The normalized spacial score (nSPS) is 11.5. The number of rotatable bonds is 7. The third-order valence-electron chi connectivity index (χ3n) is 5.38. The molecule has 0 fully saturated rings. The number of ether oxygens (including phenoxy) is 1. The van der Waals surface area contributed by atoms with Crippen LogP contribution in [0.3, 0.4) is 0 Å². The number of benzene rings is 3. The van der Waals surface area contributed by atoms with Crippen molar-refractivity contribution in [1.29, 1.82) is 0 Å². The highest BCUT2D eigenvalue weighted by atomic mass is 32.2. The highest BCUT2D eigenvalue weighted by Gasteiger charge is 2.24. The molecule has 1 aromatic heterocycles. The first-order valence-electron chi connectivity index (χ1n) is 10.2. The van der Waals surface area contributed by atoms with E-state index in [0.29, 0.717) is 22.0 Å². The monoisotopic (exact) mass is 481 g/mol. The van der Waals surface area contributed by atoms with Gasteiger partial charge in [0.25, 0.3) is 10.0 Å². The van der Waals surface area contributed by atoms with E-state index in [4.69, 9.17) is 9.84 Å². The number of carbonyl (C=O) groups excluding carboxylic acids is 1. The molecule has 0 spiro atoms. The van der Waals surface area contributed by atoms with E-state index < -0.39 is 22.6 Å². The van der Waals surface area contributed by atoms with Gasteiger partial charge >= 0.3 is 5.97 Å². The summed E-state index contributed by atoms with van der Waals surface area (Å²) < 4.78 is 46.5. The zero-order valence-electron chi connectivity index (χ0n) is 18.3. The maximum absolute atomic E-state index is 13.5. The molecule has 4 rings (SSSR count). The van der Waals surface area contributed by atoms with Crippen LogP contribution in [0.1, 0.15) is 22.8 Å². The average molecular weight is 482 g/mol. The fourth-order valence-electron chi connectivity index (χ4n) is 3.70. The van der Waals surface area contributed by atoms with Gasteiger partial charge in [-0.05, 0) is 73.0 Å². The molecule has 0 saturated heterocycles. The Bertz CT molecular complexity index is 1540. The quantitative estimate of drug-likeness (QED) is 0.385. The molecule has 0 saturated carbocycles. The lowest BCUT2D eigenvalue weighted by Gasteiger charge is -2.11. The third kappa shape index (κ3) is 4.29. The van der Waals surface area contributed by atoms with E-state index in [1.807, 2.05) is 0 Å². The van der Waals surface area contributed by atoms with E-state index in [9.17, 15) is 22.4 Å². The van der Waals surface area contributed by atoms with Gasteiger partial charge in [-0.25, -0.2) is 21.6 Å². The molecule has 7 nitrogen and oxygen atoms in total. The Morgan fingerprint density at radius 3 is 2.29 bits per heavy atom. The summed E-state index contributed by atoms with van der Waals surface area (Å²) in [5, 5.41) is 9.24. The van der Waals surface area contributed by atoms with Crippen molar-refractivity contribution in [2.45, 2.75) is 18.7 Å². The number of ketones is 1. The molecule has 0 aliphatic carbocycles. The minimum absolute atomic E-state index is 0.0395. The van der Waals surface area contributed by atoms with Crippen LogP contribution >= 0.6 is 0 Å². The number of aliphatic carboxylic acids is 1. The van der Waals surface area contributed by atoms with Crippen LogP contribution in [0.5, 0.6) is 5.75 Å². The van der Waals surface area contributed by atoms with Crippen molar-refractivity contribution in [3.8, 4) is 16.9 Å². The van der Waals surface area contributed by atoms with Crippen LogP contribution in [-0.2, 0) is 14.8 Å². The molecule has 0 bridgehead atoms. The minimum Gasteiger partial charge on any atom is -0.482 e. The summed E-state index contributed by atoms with van der Waals surface area (Å²) in [4.78, 5) is 23.0. The van der Waals surface area contributed by atoms with Crippen LogP contribution in [-0.4, -0.2) is 35.9 Å². The molecular formula is C25H20FNO6S. The number of aryl methyl sites for hydroxylation is 1. The maximum atomic E-state index is 13.5. The second kappa shape index (κ2) is 8.75. The highest BCUT2D eigenvalue weighted by molar-refractivity contribution is 7.90. The summed E-state index contributed by atoms with van der Waals surface area (Å²) >= 11 is 0. The van der Waals surface area contributed by atoms with Crippen molar-refractivity contribution in [2.24, 2.45) is 0 Å². The number of carboxylic acid groups (broad SMARTS) is 1. The molecule has 174 valence electrons. The van der Waals surface area contributed by atoms with Gasteiger partial charge in [-0.15, -0.1) is 0 Å². The summed E-state index contributed by atoms with van der Waals surface area (Å²) in [5.41, 5.74) is 2.44. The number of carbonyl (C=O) groups is 2. The number of halogens is 1. The van der Waals surface area contributed by atoms with E-state index in [1.54, 1.807) is 37.3 Å². The molecule has 1 N–H and O–H groups in total. The summed E-state index contributed by atoms with van der Waals surface area (Å²) in [7, 11) is -4.09. The molecule has 0 aliphatic rings. The van der Waals surface area contributed by atoms with Gasteiger partial charge in [-0.1, -0.05) is 18.2 Å². The summed E-state index contributed by atoms with van der Waals surface area (Å²) in [6, 6.07) is 15.0. The topological polar surface area (TPSA) is 103 Å². The van der Waals surface area contributed by atoms with E-state index in [0.717, 1.165) is 9.54 Å².